The highest BCUT2D eigenvalue weighted by atomic mass is 16.5. The molecule has 0 saturated heterocycles. The van der Waals surface area contributed by atoms with Crippen molar-refractivity contribution in [3.63, 3.8) is 0 Å². The van der Waals surface area contributed by atoms with Gasteiger partial charge in [0, 0.05) is 18.8 Å². The number of aromatic nitrogens is 2. The van der Waals surface area contributed by atoms with Crippen molar-refractivity contribution in [1.82, 2.24) is 15.3 Å². The van der Waals surface area contributed by atoms with Crippen molar-refractivity contribution in [2.45, 2.75) is 25.3 Å². The lowest BCUT2D eigenvalue weighted by Gasteiger charge is -2.09. The van der Waals surface area contributed by atoms with Crippen LogP contribution in [0, 0.1) is 0 Å². The van der Waals surface area contributed by atoms with E-state index in [0.717, 1.165) is 30.6 Å². The molecule has 2 N–H and O–H groups in total. The molecule has 2 aromatic rings. The first-order chi connectivity index (χ1) is 11.3. The SMILES string of the molecule is COc1ccccc1CCNc1nccc(C(=O)NC2CC2)n1. The molecule has 120 valence electrons. The summed E-state index contributed by atoms with van der Waals surface area (Å²) in [4.78, 5) is 20.4. The summed E-state index contributed by atoms with van der Waals surface area (Å²) in [5, 5.41) is 6.07. The number of carbonyl (C=O) groups excluding carboxylic acids is 1. The van der Waals surface area contributed by atoms with E-state index in [1.54, 1.807) is 19.4 Å². The Morgan fingerprint density at radius 2 is 2.13 bits per heavy atom. The molecule has 0 aliphatic heterocycles. The lowest BCUT2D eigenvalue weighted by atomic mass is 10.1. The molecule has 1 aromatic carbocycles. The van der Waals surface area contributed by atoms with E-state index in [2.05, 4.69) is 20.6 Å². The number of nitrogens with one attached hydrogen (secondary N) is 2. The number of hydrogen-bond acceptors (Lipinski definition) is 5. The number of hydrogen-bond donors (Lipinski definition) is 2. The van der Waals surface area contributed by atoms with E-state index >= 15 is 0 Å². The number of carbonyl (C=O) groups is 1. The number of ether oxygens (including phenoxy) is 1. The second-order valence-electron chi connectivity index (χ2n) is 5.50. The summed E-state index contributed by atoms with van der Waals surface area (Å²) in [6.45, 7) is 0.661. The minimum absolute atomic E-state index is 0.136. The van der Waals surface area contributed by atoms with Gasteiger partial charge in [-0.2, -0.15) is 0 Å². The second-order valence-corrected chi connectivity index (χ2v) is 5.50. The topological polar surface area (TPSA) is 76.1 Å². The molecule has 6 heteroatoms. The summed E-state index contributed by atoms with van der Waals surface area (Å²) in [6.07, 6.45) is 4.49. The van der Waals surface area contributed by atoms with Gasteiger partial charge in [-0.25, -0.2) is 9.97 Å². The number of benzene rings is 1. The summed E-state index contributed by atoms with van der Waals surface area (Å²) in [5.74, 6) is 1.19. The van der Waals surface area contributed by atoms with Crippen molar-refractivity contribution in [2.75, 3.05) is 19.0 Å². The molecule has 23 heavy (non-hydrogen) atoms. The third-order valence-electron chi connectivity index (χ3n) is 3.67. The minimum Gasteiger partial charge on any atom is -0.496 e. The van der Waals surface area contributed by atoms with Crippen LogP contribution in [-0.4, -0.2) is 35.6 Å². The lowest BCUT2D eigenvalue weighted by molar-refractivity contribution is 0.0946. The fourth-order valence-electron chi connectivity index (χ4n) is 2.28. The maximum atomic E-state index is 12.0. The summed E-state index contributed by atoms with van der Waals surface area (Å²) in [7, 11) is 1.66. The summed E-state index contributed by atoms with van der Waals surface area (Å²) in [6, 6.07) is 9.84. The van der Waals surface area contributed by atoms with Gasteiger partial charge in [0.05, 0.1) is 7.11 Å². The van der Waals surface area contributed by atoms with E-state index in [-0.39, 0.29) is 5.91 Å². The van der Waals surface area contributed by atoms with Crippen LogP contribution in [0.15, 0.2) is 36.5 Å². The van der Waals surface area contributed by atoms with Crippen molar-refractivity contribution in [2.24, 2.45) is 0 Å². The van der Waals surface area contributed by atoms with Crippen LogP contribution in [0.1, 0.15) is 28.9 Å². The third-order valence-corrected chi connectivity index (χ3v) is 3.67. The molecular weight excluding hydrogens is 292 g/mol. The van der Waals surface area contributed by atoms with Gasteiger partial charge in [-0.1, -0.05) is 18.2 Å². The first kappa shape index (κ1) is 15.3. The maximum Gasteiger partial charge on any atom is 0.270 e. The monoisotopic (exact) mass is 312 g/mol. The molecule has 3 rings (SSSR count). The van der Waals surface area contributed by atoms with Crippen molar-refractivity contribution in [3.05, 3.63) is 47.8 Å². The van der Waals surface area contributed by atoms with E-state index in [0.29, 0.717) is 24.2 Å². The van der Waals surface area contributed by atoms with Crippen LogP contribution in [0.4, 0.5) is 5.95 Å². The normalized spacial score (nSPS) is 13.4. The number of methoxy groups -OCH3 is 1. The van der Waals surface area contributed by atoms with Crippen molar-refractivity contribution in [1.29, 1.82) is 0 Å². The quantitative estimate of drug-likeness (QED) is 0.818. The maximum absolute atomic E-state index is 12.0. The van der Waals surface area contributed by atoms with Crippen LogP contribution in [-0.2, 0) is 6.42 Å². The fourth-order valence-corrected chi connectivity index (χ4v) is 2.28. The zero-order chi connectivity index (χ0) is 16.1. The Labute approximate surface area is 135 Å². The first-order valence-corrected chi connectivity index (χ1v) is 7.76. The largest absolute Gasteiger partial charge is 0.496 e. The molecule has 0 atom stereocenters. The van der Waals surface area contributed by atoms with Crippen LogP contribution < -0.4 is 15.4 Å². The predicted octanol–water partition coefficient (Wildman–Crippen LogP) is 2.03. The first-order valence-electron chi connectivity index (χ1n) is 7.76. The van der Waals surface area contributed by atoms with Crippen LogP contribution in [0.5, 0.6) is 5.75 Å². The van der Waals surface area contributed by atoms with E-state index in [9.17, 15) is 4.79 Å². The van der Waals surface area contributed by atoms with Gasteiger partial charge in [0.1, 0.15) is 11.4 Å². The average Bonchev–Trinajstić information content (AvgIpc) is 3.39. The molecule has 1 aliphatic rings. The lowest BCUT2D eigenvalue weighted by Crippen LogP contribution is -2.26. The number of para-hydroxylation sites is 1. The van der Waals surface area contributed by atoms with Gasteiger partial charge < -0.3 is 15.4 Å². The van der Waals surface area contributed by atoms with Gasteiger partial charge in [-0.3, -0.25) is 4.79 Å². The molecule has 0 radical (unpaired) electrons. The highest BCUT2D eigenvalue weighted by molar-refractivity contribution is 5.92. The Kier molecular flexibility index (Phi) is 4.71. The van der Waals surface area contributed by atoms with Crippen molar-refractivity contribution >= 4 is 11.9 Å². The predicted molar refractivity (Wildman–Crippen MR) is 87.7 cm³/mol. The Hall–Kier alpha value is -2.63. The van der Waals surface area contributed by atoms with Crippen molar-refractivity contribution < 1.29 is 9.53 Å². The molecule has 0 unspecified atom stereocenters. The second kappa shape index (κ2) is 7.09. The number of amides is 1. The fraction of sp³-hybridized carbons (Fsp3) is 0.353. The smallest absolute Gasteiger partial charge is 0.270 e. The van der Waals surface area contributed by atoms with Gasteiger partial charge in [0.25, 0.3) is 5.91 Å². The highest BCUT2D eigenvalue weighted by Gasteiger charge is 2.24. The average molecular weight is 312 g/mol. The van der Waals surface area contributed by atoms with Gasteiger partial charge >= 0.3 is 0 Å². The van der Waals surface area contributed by atoms with E-state index < -0.39 is 0 Å². The number of nitrogens with zero attached hydrogens (tertiary/aromatic N) is 2. The van der Waals surface area contributed by atoms with Crippen LogP contribution in [0.25, 0.3) is 0 Å². The highest BCUT2D eigenvalue weighted by Crippen LogP contribution is 2.19. The Balaban J connectivity index is 1.56. The van der Waals surface area contributed by atoms with Crippen LogP contribution in [0.2, 0.25) is 0 Å². The molecule has 0 spiro atoms. The van der Waals surface area contributed by atoms with Gasteiger partial charge in [-0.05, 0) is 37.0 Å². The molecule has 1 amide bonds. The molecular formula is C17H20N4O2. The summed E-state index contributed by atoms with van der Waals surface area (Å²) >= 11 is 0. The standard InChI is InChI=1S/C17H20N4O2/c1-23-15-5-3-2-4-12(15)8-10-18-17-19-11-9-14(21-17)16(22)20-13-6-7-13/h2-5,9,11,13H,6-8,10H2,1H3,(H,20,22)(H,18,19,21). The summed E-state index contributed by atoms with van der Waals surface area (Å²) in [5.41, 5.74) is 1.51. The minimum atomic E-state index is -0.136. The van der Waals surface area contributed by atoms with Crippen molar-refractivity contribution in [3.8, 4) is 5.75 Å². The van der Waals surface area contributed by atoms with Gasteiger partial charge in [0.15, 0.2) is 0 Å². The molecule has 1 aromatic heterocycles. The zero-order valence-electron chi connectivity index (χ0n) is 13.1. The van der Waals surface area contributed by atoms with E-state index in [1.165, 1.54) is 0 Å². The van der Waals surface area contributed by atoms with E-state index in [4.69, 9.17) is 4.74 Å². The molecule has 1 aliphatic carbocycles. The molecule has 1 heterocycles. The molecule has 1 fully saturated rings. The molecule has 0 bridgehead atoms. The van der Waals surface area contributed by atoms with Crippen LogP contribution in [0.3, 0.4) is 0 Å². The van der Waals surface area contributed by atoms with E-state index in [1.807, 2.05) is 24.3 Å². The molecule has 1 saturated carbocycles. The Morgan fingerprint density at radius 3 is 2.91 bits per heavy atom. The molecule has 6 nitrogen and oxygen atoms in total. The summed E-state index contributed by atoms with van der Waals surface area (Å²) < 4.78 is 5.33. The Morgan fingerprint density at radius 1 is 1.30 bits per heavy atom. The third kappa shape index (κ3) is 4.18. The zero-order valence-corrected chi connectivity index (χ0v) is 13.1. The van der Waals surface area contributed by atoms with Gasteiger partial charge in [-0.15, -0.1) is 0 Å². The number of rotatable bonds is 7. The Bertz CT molecular complexity index is 686. The van der Waals surface area contributed by atoms with Gasteiger partial charge in [0.2, 0.25) is 5.95 Å². The van der Waals surface area contributed by atoms with Crippen LogP contribution >= 0.6 is 0 Å². The number of anilines is 1.